The van der Waals surface area contributed by atoms with Crippen LogP contribution in [-0.4, -0.2) is 29.2 Å². The number of halogens is 2. The molecule has 0 bridgehead atoms. The maximum Gasteiger partial charge on any atom is 0.243 e. The normalized spacial score (nSPS) is 13.3. The number of rotatable bonds is 5. The van der Waals surface area contributed by atoms with Gasteiger partial charge in [0.2, 0.25) is 10.0 Å². The zero-order valence-electron chi connectivity index (χ0n) is 10.5. The number of nitrogens with zero attached hydrogens (tertiary/aromatic N) is 3. The fourth-order valence-corrected chi connectivity index (χ4v) is 3.12. The molecule has 0 aliphatic carbocycles. The van der Waals surface area contributed by atoms with Crippen LogP contribution in [0.5, 0.6) is 0 Å². The van der Waals surface area contributed by atoms with Crippen molar-refractivity contribution in [3.63, 3.8) is 0 Å². The summed E-state index contributed by atoms with van der Waals surface area (Å²) in [7, 11) is -3.96. The molecular weight excluding hydrogens is 307 g/mol. The van der Waals surface area contributed by atoms with Crippen molar-refractivity contribution < 1.29 is 12.8 Å². The molecule has 0 aliphatic heterocycles. The molecule has 1 aromatic heterocycles. The van der Waals surface area contributed by atoms with E-state index in [9.17, 15) is 12.8 Å². The van der Waals surface area contributed by atoms with Crippen LogP contribution in [0.1, 0.15) is 6.92 Å². The van der Waals surface area contributed by atoms with Crippen LogP contribution in [0.4, 0.5) is 4.39 Å². The van der Waals surface area contributed by atoms with Crippen LogP contribution in [0.2, 0.25) is 5.02 Å². The summed E-state index contributed by atoms with van der Waals surface area (Å²) in [4.78, 5) is 3.32. The predicted octanol–water partition coefficient (Wildman–Crippen LogP) is 1.44. The van der Waals surface area contributed by atoms with Crippen LogP contribution in [0, 0.1) is 5.82 Å². The summed E-state index contributed by atoms with van der Waals surface area (Å²) in [6.45, 7) is 1.93. The first-order chi connectivity index (χ1) is 9.38. The molecule has 0 amide bonds. The number of nitrogens with one attached hydrogen (secondary N) is 1. The van der Waals surface area contributed by atoms with Crippen LogP contribution in [0.3, 0.4) is 0 Å². The lowest BCUT2D eigenvalue weighted by Crippen LogP contribution is -2.36. The van der Waals surface area contributed by atoms with E-state index in [1.54, 1.807) is 6.92 Å². The average molecular weight is 319 g/mol. The van der Waals surface area contributed by atoms with Crippen molar-refractivity contribution in [1.29, 1.82) is 0 Å². The maximum atomic E-state index is 13.6. The second kappa shape index (κ2) is 5.86. The molecule has 20 heavy (non-hydrogen) atoms. The van der Waals surface area contributed by atoms with Gasteiger partial charge in [-0.05, 0) is 25.1 Å². The molecule has 0 radical (unpaired) electrons. The third-order valence-electron chi connectivity index (χ3n) is 2.47. The molecule has 1 atom stereocenters. The Kier molecular flexibility index (Phi) is 4.36. The average Bonchev–Trinajstić information content (AvgIpc) is 2.79. The molecule has 0 saturated heterocycles. The van der Waals surface area contributed by atoms with Gasteiger partial charge in [-0.2, -0.15) is 5.10 Å². The zero-order chi connectivity index (χ0) is 14.8. The van der Waals surface area contributed by atoms with E-state index in [0.29, 0.717) is 0 Å². The van der Waals surface area contributed by atoms with E-state index >= 15 is 0 Å². The molecule has 0 saturated carbocycles. The Morgan fingerprint density at radius 3 is 2.85 bits per heavy atom. The molecule has 0 spiro atoms. The molecular formula is C11H12ClFN4O2S. The summed E-state index contributed by atoms with van der Waals surface area (Å²) in [5.74, 6) is -0.891. The van der Waals surface area contributed by atoms with Crippen LogP contribution < -0.4 is 4.72 Å². The standard InChI is InChI=1S/C11H12ClFN4O2S/c1-8(5-17-7-14-6-15-17)16-20(18,19)11-3-2-9(12)4-10(11)13/h2-4,6-8,16H,5H2,1H3/t8-/m0/s1. The van der Waals surface area contributed by atoms with Crippen molar-refractivity contribution in [2.75, 3.05) is 0 Å². The van der Waals surface area contributed by atoms with Crippen LogP contribution >= 0.6 is 11.6 Å². The third kappa shape index (κ3) is 3.53. The van der Waals surface area contributed by atoms with Crippen LogP contribution in [0.25, 0.3) is 0 Å². The molecule has 2 aromatic rings. The van der Waals surface area contributed by atoms with Gasteiger partial charge in [0, 0.05) is 11.1 Å². The topological polar surface area (TPSA) is 76.9 Å². The molecule has 1 N–H and O–H groups in total. The molecule has 1 heterocycles. The van der Waals surface area contributed by atoms with Crippen molar-refractivity contribution >= 4 is 21.6 Å². The van der Waals surface area contributed by atoms with Crippen molar-refractivity contribution in [2.24, 2.45) is 0 Å². The van der Waals surface area contributed by atoms with E-state index in [0.717, 1.165) is 12.1 Å². The SMILES string of the molecule is C[C@@H](Cn1cncn1)NS(=O)(=O)c1ccc(Cl)cc1F. The van der Waals surface area contributed by atoms with E-state index in [1.807, 2.05) is 0 Å². The van der Waals surface area contributed by atoms with Crippen molar-refractivity contribution in [3.8, 4) is 0 Å². The first-order valence-electron chi connectivity index (χ1n) is 5.68. The first-order valence-corrected chi connectivity index (χ1v) is 7.54. The minimum Gasteiger partial charge on any atom is -0.251 e. The highest BCUT2D eigenvalue weighted by atomic mass is 35.5. The molecule has 6 nitrogen and oxygen atoms in total. The van der Waals surface area contributed by atoms with Gasteiger partial charge in [-0.3, -0.25) is 4.68 Å². The summed E-state index contributed by atoms with van der Waals surface area (Å²) in [5.41, 5.74) is 0. The Hall–Kier alpha value is -1.51. The van der Waals surface area contributed by atoms with Gasteiger partial charge in [0.1, 0.15) is 23.4 Å². The lowest BCUT2D eigenvalue weighted by atomic mass is 10.3. The van der Waals surface area contributed by atoms with Crippen LogP contribution in [0.15, 0.2) is 35.7 Å². The molecule has 0 aliphatic rings. The second-order valence-electron chi connectivity index (χ2n) is 4.21. The zero-order valence-corrected chi connectivity index (χ0v) is 12.1. The molecule has 2 rings (SSSR count). The highest BCUT2D eigenvalue weighted by molar-refractivity contribution is 7.89. The number of benzene rings is 1. The van der Waals surface area contributed by atoms with E-state index in [4.69, 9.17) is 11.6 Å². The quantitative estimate of drug-likeness (QED) is 0.905. The van der Waals surface area contributed by atoms with E-state index in [-0.39, 0.29) is 11.6 Å². The Morgan fingerprint density at radius 1 is 1.50 bits per heavy atom. The van der Waals surface area contributed by atoms with Crippen LogP contribution in [-0.2, 0) is 16.6 Å². The predicted molar refractivity (Wildman–Crippen MR) is 71.2 cm³/mol. The summed E-state index contributed by atoms with van der Waals surface area (Å²) in [6.07, 6.45) is 2.81. The van der Waals surface area contributed by atoms with Gasteiger partial charge in [0.05, 0.1) is 6.54 Å². The minimum atomic E-state index is -3.96. The summed E-state index contributed by atoms with van der Waals surface area (Å²) < 4.78 is 41.6. The first kappa shape index (κ1) is 14.9. The number of sulfonamides is 1. The fourth-order valence-electron chi connectivity index (χ4n) is 1.67. The van der Waals surface area contributed by atoms with Gasteiger partial charge in [-0.25, -0.2) is 22.5 Å². The summed E-state index contributed by atoms with van der Waals surface area (Å²) in [5, 5.41) is 4.00. The van der Waals surface area contributed by atoms with Gasteiger partial charge in [0.15, 0.2) is 0 Å². The van der Waals surface area contributed by atoms with Gasteiger partial charge in [-0.1, -0.05) is 11.6 Å². The summed E-state index contributed by atoms with van der Waals surface area (Å²) >= 11 is 5.59. The second-order valence-corrected chi connectivity index (χ2v) is 6.33. The Morgan fingerprint density at radius 2 is 2.25 bits per heavy atom. The Labute approximate surface area is 120 Å². The minimum absolute atomic E-state index is 0.136. The largest absolute Gasteiger partial charge is 0.251 e. The maximum absolute atomic E-state index is 13.6. The molecule has 108 valence electrons. The Bertz CT molecular complexity index is 690. The van der Waals surface area contributed by atoms with Gasteiger partial charge in [-0.15, -0.1) is 0 Å². The molecule has 0 fully saturated rings. The molecule has 9 heteroatoms. The number of hydrogen-bond donors (Lipinski definition) is 1. The highest BCUT2D eigenvalue weighted by Crippen LogP contribution is 2.19. The van der Waals surface area contributed by atoms with E-state index < -0.39 is 26.8 Å². The Balaban J connectivity index is 2.14. The van der Waals surface area contributed by atoms with Gasteiger partial charge >= 0.3 is 0 Å². The third-order valence-corrected chi connectivity index (χ3v) is 4.33. The number of aromatic nitrogens is 3. The van der Waals surface area contributed by atoms with E-state index in [2.05, 4.69) is 14.8 Å². The van der Waals surface area contributed by atoms with E-state index in [1.165, 1.54) is 23.4 Å². The van der Waals surface area contributed by atoms with Gasteiger partial charge in [0.25, 0.3) is 0 Å². The summed E-state index contributed by atoms with van der Waals surface area (Å²) in [6, 6.07) is 2.93. The van der Waals surface area contributed by atoms with Crippen molar-refractivity contribution in [1.82, 2.24) is 19.5 Å². The lowest BCUT2D eigenvalue weighted by molar-refractivity contribution is 0.489. The molecule has 1 aromatic carbocycles. The van der Waals surface area contributed by atoms with Gasteiger partial charge < -0.3 is 0 Å². The lowest BCUT2D eigenvalue weighted by Gasteiger charge is -2.14. The molecule has 0 unspecified atom stereocenters. The van der Waals surface area contributed by atoms with Crippen molar-refractivity contribution in [2.45, 2.75) is 24.4 Å². The smallest absolute Gasteiger partial charge is 0.243 e. The fraction of sp³-hybridized carbons (Fsp3) is 0.273. The van der Waals surface area contributed by atoms with Crippen molar-refractivity contribution in [3.05, 3.63) is 41.7 Å². The number of hydrogen-bond acceptors (Lipinski definition) is 4. The highest BCUT2D eigenvalue weighted by Gasteiger charge is 2.21. The monoisotopic (exact) mass is 318 g/mol.